The lowest BCUT2D eigenvalue weighted by atomic mass is 9.90. The zero-order valence-corrected chi connectivity index (χ0v) is 12.7. The van der Waals surface area contributed by atoms with Crippen LogP contribution in [0.3, 0.4) is 0 Å². The molecule has 1 saturated heterocycles. The van der Waals surface area contributed by atoms with Crippen LogP contribution in [0.1, 0.15) is 42.9 Å². The summed E-state index contributed by atoms with van der Waals surface area (Å²) in [5.74, 6) is 0.791. The molecule has 0 aliphatic carbocycles. The van der Waals surface area contributed by atoms with Crippen molar-refractivity contribution in [2.45, 2.75) is 52.6 Å². The summed E-state index contributed by atoms with van der Waals surface area (Å²) in [4.78, 5) is 2.55. The SMILES string of the molecule is CCCC1CC(N)CN(Cc2cc(C)ccc2C)C1. The van der Waals surface area contributed by atoms with Crippen LogP contribution in [0.4, 0.5) is 0 Å². The molecule has 0 radical (unpaired) electrons. The zero-order chi connectivity index (χ0) is 13.8. The molecular weight excluding hydrogens is 232 g/mol. The van der Waals surface area contributed by atoms with Gasteiger partial charge in [-0.05, 0) is 43.7 Å². The van der Waals surface area contributed by atoms with Gasteiger partial charge in [0.1, 0.15) is 0 Å². The molecule has 2 unspecified atom stereocenters. The van der Waals surface area contributed by atoms with Crippen molar-refractivity contribution in [3.05, 3.63) is 34.9 Å². The van der Waals surface area contributed by atoms with Crippen molar-refractivity contribution in [1.29, 1.82) is 0 Å². The number of hydrogen-bond donors (Lipinski definition) is 1. The third-order valence-electron chi connectivity index (χ3n) is 4.24. The molecule has 1 aromatic carbocycles. The highest BCUT2D eigenvalue weighted by molar-refractivity contribution is 5.30. The van der Waals surface area contributed by atoms with Gasteiger partial charge in [0.2, 0.25) is 0 Å². The monoisotopic (exact) mass is 260 g/mol. The van der Waals surface area contributed by atoms with Gasteiger partial charge in [-0.2, -0.15) is 0 Å². The molecule has 0 saturated carbocycles. The fourth-order valence-corrected chi connectivity index (χ4v) is 3.31. The molecule has 106 valence electrons. The van der Waals surface area contributed by atoms with Crippen molar-refractivity contribution in [3.63, 3.8) is 0 Å². The highest BCUT2D eigenvalue weighted by atomic mass is 15.1. The summed E-state index contributed by atoms with van der Waals surface area (Å²) in [6.07, 6.45) is 3.79. The molecule has 0 aromatic heterocycles. The Bertz CT molecular complexity index is 414. The molecule has 2 N–H and O–H groups in total. The molecule has 1 heterocycles. The van der Waals surface area contributed by atoms with Crippen LogP contribution in [0.2, 0.25) is 0 Å². The lowest BCUT2D eigenvalue weighted by Crippen LogP contribution is -2.46. The first-order valence-electron chi connectivity index (χ1n) is 7.62. The van der Waals surface area contributed by atoms with E-state index in [0.29, 0.717) is 6.04 Å². The Hall–Kier alpha value is -0.860. The van der Waals surface area contributed by atoms with E-state index in [-0.39, 0.29) is 0 Å². The second kappa shape index (κ2) is 6.53. The number of rotatable bonds is 4. The van der Waals surface area contributed by atoms with Crippen molar-refractivity contribution >= 4 is 0 Å². The van der Waals surface area contributed by atoms with Crippen molar-refractivity contribution in [2.75, 3.05) is 13.1 Å². The summed E-state index contributed by atoms with van der Waals surface area (Å²) < 4.78 is 0. The molecule has 1 fully saturated rings. The summed E-state index contributed by atoms with van der Waals surface area (Å²) in [5, 5.41) is 0. The number of hydrogen-bond acceptors (Lipinski definition) is 2. The molecular formula is C17H28N2. The minimum atomic E-state index is 0.357. The minimum Gasteiger partial charge on any atom is -0.327 e. The van der Waals surface area contributed by atoms with E-state index in [1.807, 2.05) is 0 Å². The van der Waals surface area contributed by atoms with E-state index < -0.39 is 0 Å². The molecule has 0 spiro atoms. The largest absolute Gasteiger partial charge is 0.327 e. The highest BCUT2D eigenvalue weighted by Gasteiger charge is 2.24. The first-order valence-corrected chi connectivity index (χ1v) is 7.62. The van der Waals surface area contributed by atoms with Crippen LogP contribution in [-0.2, 0) is 6.54 Å². The lowest BCUT2D eigenvalue weighted by Gasteiger charge is -2.36. The van der Waals surface area contributed by atoms with Gasteiger partial charge in [0.25, 0.3) is 0 Å². The van der Waals surface area contributed by atoms with Gasteiger partial charge in [0, 0.05) is 25.7 Å². The fourth-order valence-electron chi connectivity index (χ4n) is 3.31. The van der Waals surface area contributed by atoms with E-state index >= 15 is 0 Å². The number of likely N-dealkylation sites (tertiary alicyclic amines) is 1. The van der Waals surface area contributed by atoms with Gasteiger partial charge >= 0.3 is 0 Å². The molecule has 2 rings (SSSR count). The van der Waals surface area contributed by atoms with Gasteiger partial charge in [0.05, 0.1) is 0 Å². The zero-order valence-electron chi connectivity index (χ0n) is 12.7. The second-order valence-electron chi connectivity index (χ2n) is 6.27. The van der Waals surface area contributed by atoms with Crippen molar-refractivity contribution < 1.29 is 0 Å². The van der Waals surface area contributed by atoms with Gasteiger partial charge in [0.15, 0.2) is 0 Å². The Morgan fingerprint density at radius 3 is 2.79 bits per heavy atom. The van der Waals surface area contributed by atoms with Crippen molar-refractivity contribution in [1.82, 2.24) is 4.90 Å². The van der Waals surface area contributed by atoms with Crippen molar-refractivity contribution in [3.8, 4) is 0 Å². The average molecular weight is 260 g/mol. The second-order valence-corrected chi connectivity index (χ2v) is 6.27. The van der Waals surface area contributed by atoms with Crippen LogP contribution in [0, 0.1) is 19.8 Å². The molecule has 19 heavy (non-hydrogen) atoms. The third kappa shape index (κ3) is 4.05. The molecule has 2 heteroatoms. The summed E-state index contributed by atoms with van der Waals surface area (Å²) in [6, 6.07) is 7.11. The molecule has 0 bridgehead atoms. The number of aryl methyl sites for hydroxylation is 2. The van der Waals surface area contributed by atoms with Gasteiger partial charge in [-0.15, -0.1) is 0 Å². The first kappa shape index (κ1) is 14.5. The highest BCUT2D eigenvalue weighted by Crippen LogP contribution is 2.23. The van der Waals surface area contributed by atoms with Crippen molar-refractivity contribution in [2.24, 2.45) is 11.7 Å². The summed E-state index contributed by atoms with van der Waals surface area (Å²) in [5.41, 5.74) is 10.4. The van der Waals surface area contributed by atoms with E-state index in [1.54, 1.807) is 0 Å². The van der Waals surface area contributed by atoms with Crippen LogP contribution < -0.4 is 5.73 Å². The minimum absolute atomic E-state index is 0.357. The lowest BCUT2D eigenvalue weighted by molar-refractivity contribution is 0.143. The summed E-state index contributed by atoms with van der Waals surface area (Å²) in [6.45, 7) is 9.98. The maximum atomic E-state index is 6.23. The first-order chi connectivity index (χ1) is 9.08. The molecule has 0 amide bonds. The van der Waals surface area contributed by atoms with E-state index in [9.17, 15) is 0 Å². The van der Waals surface area contributed by atoms with Gasteiger partial charge in [-0.3, -0.25) is 4.90 Å². The Morgan fingerprint density at radius 1 is 1.26 bits per heavy atom. The van der Waals surface area contributed by atoms with E-state index in [4.69, 9.17) is 5.73 Å². The van der Waals surface area contributed by atoms with Crippen LogP contribution in [-0.4, -0.2) is 24.0 Å². The van der Waals surface area contributed by atoms with E-state index in [0.717, 1.165) is 19.0 Å². The molecule has 1 aliphatic rings. The molecule has 1 aliphatic heterocycles. The summed E-state index contributed by atoms with van der Waals surface area (Å²) >= 11 is 0. The van der Waals surface area contributed by atoms with Crippen LogP contribution in [0.15, 0.2) is 18.2 Å². The van der Waals surface area contributed by atoms with Crippen LogP contribution >= 0.6 is 0 Å². The standard InChI is InChI=1S/C17H28N2/c1-4-5-15-9-17(18)12-19(10-15)11-16-8-13(2)6-7-14(16)3/h6-8,15,17H,4-5,9-12,18H2,1-3H3. The topological polar surface area (TPSA) is 29.3 Å². The maximum absolute atomic E-state index is 6.23. The summed E-state index contributed by atoms with van der Waals surface area (Å²) in [7, 11) is 0. The number of nitrogens with two attached hydrogens (primary N) is 1. The quantitative estimate of drug-likeness (QED) is 0.900. The number of piperidine rings is 1. The normalized spacial score (nSPS) is 24.6. The predicted octanol–water partition coefficient (Wildman–Crippen LogP) is 3.25. The Balaban J connectivity index is 2.03. The molecule has 2 atom stereocenters. The maximum Gasteiger partial charge on any atom is 0.0237 e. The predicted molar refractivity (Wildman–Crippen MR) is 82.2 cm³/mol. The van der Waals surface area contributed by atoms with Gasteiger partial charge < -0.3 is 5.73 Å². The van der Waals surface area contributed by atoms with E-state index in [1.165, 1.54) is 42.5 Å². The third-order valence-corrected chi connectivity index (χ3v) is 4.24. The van der Waals surface area contributed by atoms with Crippen LogP contribution in [0.25, 0.3) is 0 Å². The molecule has 1 aromatic rings. The van der Waals surface area contributed by atoms with Gasteiger partial charge in [-0.1, -0.05) is 37.1 Å². The van der Waals surface area contributed by atoms with E-state index in [2.05, 4.69) is 43.9 Å². The number of nitrogens with zero attached hydrogens (tertiary/aromatic N) is 1. The average Bonchev–Trinajstić information content (AvgIpc) is 2.33. The Morgan fingerprint density at radius 2 is 2.05 bits per heavy atom. The fraction of sp³-hybridized carbons (Fsp3) is 0.647. The Kier molecular flexibility index (Phi) is 5.00. The van der Waals surface area contributed by atoms with Gasteiger partial charge in [-0.25, -0.2) is 0 Å². The molecule has 2 nitrogen and oxygen atoms in total. The Labute approximate surface area is 118 Å². The number of benzene rings is 1. The van der Waals surface area contributed by atoms with Crippen LogP contribution in [0.5, 0.6) is 0 Å². The smallest absolute Gasteiger partial charge is 0.0237 e.